The Morgan fingerprint density at radius 3 is 2.64 bits per heavy atom. The number of allylic oxidation sites excluding steroid dienone is 1. The third-order valence-corrected chi connectivity index (χ3v) is 4.73. The van der Waals surface area contributed by atoms with Gasteiger partial charge in [-0.25, -0.2) is 4.39 Å². The molecular weight excluding hydrogens is 339 g/mol. The van der Waals surface area contributed by atoms with Crippen LogP contribution in [-0.4, -0.2) is 0 Å². The van der Waals surface area contributed by atoms with Gasteiger partial charge >= 0.3 is 0 Å². The standard InChI is InChI=1S/C20H12ClFN2O/c21-15-6-3-7-16(22)18(15)17-13-9-8-11-4-1-2-5-12(11)19(13)25-20(24)14(17)10-23/h1-9,17H,24H2. The third kappa shape index (κ3) is 2.33. The van der Waals surface area contributed by atoms with Gasteiger partial charge in [-0.15, -0.1) is 0 Å². The van der Waals surface area contributed by atoms with Gasteiger partial charge in [-0.1, -0.05) is 54.1 Å². The Kier molecular flexibility index (Phi) is 3.60. The summed E-state index contributed by atoms with van der Waals surface area (Å²) < 4.78 is 20.3. The van der Waals surface area contributed by atoms with E-state index in [0.29, 0.717) is 11.3 Å². The fourth-order valence-corrected chi connectivity index (χ4v) is 3.54. The second kappa shape index (κ2) is 5.80. The molecule has 5 heteroatoms. The minimum Gasteiger partial charge on any atom is -0.440 e. The maximum atomic E-state index is 14.6. The van der Waals surface area contributed by atoms with Crippen LogP contribution in [0.3, 0.4) is 0 Å². The van der Waals surface area contributed by atoms with Crippen LogP contribution in [0, 0.1) is 17.1 Å². The summed E-state index contributed by atoms with van der Waals surface area (Å²) >= 11 is 6.26. The number of rotatable bonds is 1. The normalized spacial score (nSPS) is 16.3. The lowest BCUT2D eigenvalue weighted by Gasteiger charge is -2.28. The van der Waals surface area contributed by atoms with Gasteiger partial charge in [-0.05, 0) is 17.5 Å². The number of hydrogen-bond acceptors (Lipinski definition) is 3. The van der Waals surface area contributed by atoms with E-state index in [1.54, 1.807) is 6.07 Å². The molecule has 0 spiro atoms. The molecule has 0 fully saturated rings. The quantitative estimate of drug-likeness (QED) is 0.682. The molecule has 4 rings (SSSR count). The molecule has 2 N–H and O–H groups in total. The first-order chi connectivity index (χ1) is 12.1. The molecule has 3 aromatic rings. The van der Waals surface area contributed by atoms with Gasteiger partial charge in [0, 0.05) is 21.5 Å². The highest BCUT2D eigenvalue weighted by atomic mass is 35.5. The van der Waals surface area contributed by atoms with E-state index in [-0.39, 0.29) is 22.0 Å². The second-order valence-corrected chi connectivity index (χ2v) is 6.17. The molecule has 1 unspecified atom stereocenters. The number of halogens is 2. The van der Waals surface area contributed by atoms with Crippen LogP contribution in [0.15, 0.2) is 66.1 Å². The van der Waals surface area contributed by atoms with Crippen LogP contribution >= 0.6 is 11.6 Å². The van der Waals surface area contributed by atoms with Crippen molar-refractivity contribution in [3.05, 3.63) is 88.0 Å². The summed E-state index contributed by atoms with van der Waals surface area (Å²) in [7, 11) is 0. The topological polar surface area (TPSA) is 59.0 Å². The second-order valence-electron chi connectivity index (χ2n) is 5.77. The Morgan fingerprint density at radius 1 is 1.08 bits per heavy atom. The molecule has 1 aliphatic heterocycles. The highest BCUT2D eigenvalue weighted by Crippen LogP contribution is 2.47. The summed E-state index contributed by atoms with van der Waals surface area (Å²) in [5.74, 6) is -0.708. The minimum absolute atomic E-state index is 0.0318. The summed E-state index contributed by atoms with van der Waals surface area (Å²) in [6.07, 6.45) is 0. The van der Waals surface area contributed by atoms with Crippen molar-refractivity contribution >= 4 is 22.4 Å². The molecule has 1 aliphatic rings. The number of nitrogens with two attached hydrogens (primary N) is 1. The molecule has 1 heterocycles. The maximum Gasteiger partial charge on any atom is 0.205 e. The van der Waals surface area contributed by atoms with Crippen molar-refractivity contribution in [3.8, 4) is 11.8 Å². The molecule has 0 saturated heterocycles. The zero-order chi connectivity index (χ0) is 17.6. The minimum atomic E-state index is -0.716. The molecule has 122 valence electrons. The molecule has 0 aromatic heterocycles. The molecule has 0 radical (unpaired) electrons. The Labute approximate surface area is 148 Å². The summed E-state index contributed by atoms with van der Waals surface area (Å²) in [5.41, 5.74) is 7.03. The molecule has 0 aliphatic carbocycles. The summed E-state index contributed by atoms with van der Waals surface area (Å²) in [6, 6.07) is 17.9. The van der Waals surface area contributed by atoms with E-state index >= 15 is 0 Å². The van der Waals surface area contributed by atoms with E-state index < -0.39 is 11.7 Å². The predicted molar refractivity (Wildman–Crippen MR) is 94.7 cm³/mol. The molecule has 3 nitrogen and oxygen atoms in total. The highest BCUT2D eigenvalue weighted by Gasteiger charge is 2.34. The lowest BCUT2D eigenvalue weighted by molar-refractivity contribution is 0.397. The van der Waals surface area contributed by atoms with Gasteiger partial charge in [0.15, 0.2) is 0 Å². The maximum absolute atomic E-state index is 14.6. The zero-order valence-electron chi connectivity index (χ0n) is 13.0. The van der Waals surface area contributed by atoms with E-state index in [2.05, 4.69) is 0 Å². The number of ether oxygens (including phenoxy) is 1. The highest BCUT2D eigenvalue weighted by molar-refractivity contribution is 6.31. The average Bonchev–Trinajstić information content (AvgIpc) is 2.61. The van der Waals surface area contributed by atoms with Crippen molar-refractivity contribution in [2.75, 3.05) is 0 Å². The van der Waals surface area contributed by atoms with E-state index in [4.69, 9.17) is 22.1 Å². The largest absolute Gasteiger partial charge is 0.440 e. The van der Waals surface area contributed by atoms with E-state index in [1.165, 1.54) is 12.1 Å². The number of nitriles is 1. The number of fused-ring (bicyclic) bond motifs is 3. The van der Waals surface area contributed by atoms with Crippen molar-refractivity contribution < 1.29 is 9.13 Å². The Balaban J connectivity index is 2.07. The molecular formula is C20H12ClFN2O. The van der Waals surface area contributed by atoms with Gasteiger partial charge in [-0.3, -0.25) is 0 Å². The van der Waals surface area contributed by atoms with Gasteiger partial charge in [-0.2, -0.15) is 5.26 Å². The zero-order valence-corrected chi connectivity index (χ0v) is 13.7. The molecule has 0 bridgehead atoms. The first-order valence-electron chi connectivity index (χ1n) is 7.65. The summed E-state index contributed by atoms with van der Waals surface area (Å²) in [4.78, 5) is 0. The van der Waals surface area contributed by atoms with Crippen LogP contribution in [0.1, 0.15) is 17.0 Å². The fraction of sp³-hybridized carbons (Fsp3) is 0.0500. The van der Waals surface area contributed by atoms with Crippen LogP contribution in [-0.2, 0) is 0 Å². The molecule has 25 heavy (non-hydrogen) atoms. The Hall–Kier alpha value is -3.03. The van der Waals surface area contributed by atoms with Crippen molar-refractivity contribution in [2.24, 2.45) is 5.73 Å². The van der Waals surface area contributed by atoms with Gasteiger partial charge in [0.1, 0.15) is 23.2 Å². The van der Waals surface area contributed by atoms with Crippen LogP contribution in [0.4, 0.5) is 4.39 Å². The summed E-state index contributed by atoms with van der Waals surface area (Å²) in [5, 5.41) is 11.6. The van der Waals surface area contributed by atoms with Crippen molar-refractivity contribution in [1.82, 2.24) is 0 Å². The van der Waals surface area contributed by atoms with Gasteiger partial charge in [0.25, 0.3) is 0 Å². The first-order valence-corrected chi connectivity index (χ1v) is 8.02. The predicted octanol–water partition coefficient (Wildman–Crippen LogP) is 4.85. The fourth-order valence-electron chi connectivity index (χ4n) is 3.27. The van der Waals surface area contributed by atoms with E-state index in [0.717, 1.165) is 10.8 Å². The van der Waals surface area contributed by atoms with Crippen LogP contribution in [0.2, 0.25) is 5.02 Å². The molecule has 3 aromatic carbocycles. The first kappa shape index (κ1) is 15.5. The average molecular weight is 351 g/mol. The Bertz CT molecular complexity index is 1060. The van der Waals surface area contributed by atoms with E-state index in [1.807, 2.05) is 42.5 Å². The SMILES string of the molecule is N#CC1=C(N)Oc2c(ccc3ccccc23)C1c1c(F)cccc1Cl. The Morgan fingerprint density at radius 2 is 1.88 bits per heavy atom. The van der Waals surface area contributed by atoms with Crippen molar-refractivity contribution in [3.63, 3.8) is 0 Å². The number of nitrogens with zero attached hydrogens (tertiary/aromatic N) is 1. The monoisotopic (exact) mass is 350 g/mol. The molecule has 1 atom stereocenters. The van der Waals surface area contributed by atoms with Crippen molar-refractivity contribution in [1.29, 1.82) is 5.26 Å². The number of benzene rings is 3. The third-order valence-electron chi connectivity index (χ3n) is 4.40. The van der Waals surface area contributed by atoms with Crippen LogP contribution < -0.4 is 10.5 Å². The van der Waals surface area contributed by atoms with Crippen LogP contribution in [0.25, 0.3) is 10.8 Å². The van der Waals surface area contributed by atoms with Crippen molar-refractivity contribution in [2.45, 2.75) is 5.92 Å². The van der Waals surface area contributed by atoms with Crippen LogP contribution in [0.5, 0.6) is 5.75 Å². The number of hydrogen-bond donors (Lipinski definition) is 1. The lowest BCUT2D eigenvalue weighted by Crippen LogP contribution is -2.22. The van der Waals surface area contributed by atoms with Gasteiger partial charge in [0.2, 0.25) is 5.88 Å². The molecule has 0 saturated carbocycles. The smallest absolute Gasteiger partial charge is 0.205 e. The van der Waals surface area contributed by atoms with E-state index in [9.17, 15) is 9.65 Å². The molecule has 0 amide bonds. The van der Waals surface area contributed by atoms with Gasteiger partial charge in [0.05, 0.1) is 5.92 Å². The van der Waals surface area contributed by atoms with Gasteiger partial charge < -0.3 is 10.5 Å². The lowest BCUT2D eigenvalue weighted by atomic mass is 9.82. The summed E-state index contributed by atoms with van der Waals surface area (Å²) in [6.45, 7) is 0.